The third-order valence-electron chi connectivity index (χ3n) is 4.39. The van der Waals surface area contributed by atoms with Crippen molar-refractivity contribution in [3.8, 4) is 5.75 Å². The van der Waals surface area contributed by atoms with Gasteiger partial charge >= 0.3 is 0 Å². The first-order valence-electron chi connectivity index (χ1n) is 8.93. The van der Waals surface area contributed by atoms with Crippen LogP contribution < -0.4 is 10.1 Å². The van der Waals surface area contributed by atoms with Crippen molar-refractivity contribution in [3.63, 3.8) is 0 Å². The first kappa shape index (κ1) is 18.3. The van der Waals surface area contributed by atoms with E-state index in [1.54, 1.807) is 24.5 Å². The summed E-state index contributed by atoms with van der Waals surface area (Å²) < 4.78 is 20.9. The fraction of sp³-hybridized carbons (Fsp3) is 0.200. The summed E-state index contributed by atoms with van der Waals surface area (Å²) in [7, 11) is 0. The molecule has 3 heterocycles. The number of hydrogen-bond acceptors (Lipinski definition) is 4. The molecule has 0 atom stereocenters. The number of nitrogens with zero attached hydrogens (tertiary/aromatic N) is 3. The molecule has 1 aromatic carbocycles. The van der Waals surface area contributed by atoms with E-state index in [-0.39, 0.29) is 5.82 Å². The van der Waals surface area contributed by atoms with E-state index in [2.05, 4.69) is 20.4 Å². The van der Waals surface area contributed by atoms with Gasteiger partial charge in [0.25, 0.3) is 0 Å². The topological polar surface area (TPSA) is 67.8 Å². The lowest BCUT2D eigenvalue weighted by Gasteiger charge is -2.06. The van der Waals surface area contributed by atoms with Crippen LogP contribution in [0, 0.1) is 5.82 Å². The summed E-state index contributed by atoms with van der Waals surface area (Å²) in [4.78, 5) is 7.31. The van der Waals surface area contributed by atoms with Gasteiger partial charge in [0, 0.05) is 31.5 Å². The molecule has 2 N–H and O–H groups in total. The third kappa shape index (κ3) is 3.94. The second kappa shape index (κ2) is 7.90. The fourth-order valence-electron chi connectivity index (χ4n) is 2.95. The van der Waals surface area contributed by atoms with Gasteiger partial charge in [-0.2, -0.15) is 5.10 Å². The molecule has 4 aromatic rings. The Morgan fingerprint density at radius 1 is 1.25 bits per heavy atom. The molecule has 0 amide bonds. The zero-order valence-electron chi connectivity index (χ0n) is 15.2. The van der Waals surface area contributed by atoms with Crippen molar-refractivity contribution >= 4 is 28.5 Å². The van der Waals surface area contributed by atoms with Gasteiger partial charge in [0.05, 0.1) is 16.1 Å². The van der Waals surface area contributed by atoms with Crippen LogP contribution in [-0.2, 0) is 19.7 Å². The Kier molecular flexibility index (Phi) is 5.16. The van der Waals surface area contributed by atoms with Crippen LogP contribution in [0.1, 0.15) is 18.2 Å². The van der Waals surface area contributed by atoms with Gasteiger partial charge in [-0.1, -0.05) is 23.7 Å². The van der Waals surface area contributed by atoms with Crippen LogP contribution in [0.3, 0.4) is 0 Å². The highest BCUT2D eigenvalue weighted by Gasteiger charge is 2.11. The van der Waals surface area contributed by atoms with Crippen molar-refractivity contribution in [1.29, 1.82) is 0 Å². The van der Waals surface area contributed by atoms with E-state index in [4.69, 9.17) is 16.3 Å². The van der Waals surface area contributed by atoms with Crippen molar-refractivity contribution in [3.05, 3.63) is 70.9 Å². The molecule has 6 nitrogen and oxygen atoms in total. The molecule has 0 unspecified atom stereocenters. The standard InChI is InChI=1S/C20H19ClFN5O/c1-2-27-16(8-19(26-27)23-9-13-3-5-15(22)6-4-13)12-28-18-11-25-20-17(18)7-14(21)10-24-20/h3-8,10-11H,2,9,12H2,1H3,(H,23,26)(H,24,25). The number of ether oxygens (including phenoxy) is 1. The van der Waals surface area contributed by atoms with E-state index < -0.39 is 0 Å². The maximum Gasteiger partial charge on any atom is 0.148 e. The highest BCUT2D eigenvalue weighted by molar-refractivity contribution is 6.31. The number of H-pyrrole nitrogens is 1. The molecule has 0 aliphatic carbocycles. The molecular formula is C20H19ClFN5O. The Bertz CT molecular complexity index is 1090. The maximum absolute atomic E-state index is 13.0. The van der Waals surface area contributed by atoms with Crippen molar-refractivity contribution in [2.45, 2.75) is 26.6 Å². The number of aryl methyl sites for hydroxylation is 1. The Balaban J connectivity index is 1.45. The molecule has 28 heavy (non-hydrogen) atoms. The number of pyridine rings is 1. The van der Waals surface area contributed by atoms with E-state index in [9.17, 15) is 4.39 Å². The van der Waals surface area contributed by atoms with Crippen molar-refractivity contribution < 1.29 is 9.13 Å². The van der Waals surface area contributed by atoms with Crippen LogP contribution in [0.5, 0.6) is 5.75 Å². The average molecular weight is 400 g/mol. The Morgan fingerprint density at radius 3 is 2.86 bits per heavy atom. The molecule has 0 bridgehead atoms. The molecule has 144 valence electrons. The first-order valence-corrected chi connectivity index (χ1v) is 9.30. The molecule has 0 saturated heterocycles. The number of benzene rings is 1. The zero-order chi connectivity index (χ0) is 19.5. The molecule has 3 aromatic heterocycles. The van der Waals surface area contributed by atoms with Crippen LogP contribution in [0.2, 0.25) is 5.02 Å². The molecule has 0 aliphatic heterocycles. The summed E-state index contributed by atoms with van der Waals surface area (Å²) in [5.41, 5.74) is 2.65. The molecule has 0 fully saturated rings. The monoisotopic (exact) mass is 399 g/mol. The lowest BCUT2D eigenvalue weighted by molar-refractivity contribution is 0.296. The maximum atomic E-state index is 13.0. The normalized spacial score (nSPS) is 11.1. The second-order valence-corrected chi connectivity index (χ2v) is 6.74. The molecule has 8 heteroatoms. The minimum absolute atomic E-state index is 0.243. The molecule has 4 rings (SSSR count). The fourth-order valence-corrected chi connectivity index (χ4v) is 3.11. The summed E-state index contributed by atoms with van der Waals surface area (Å²) in [6.45, 7) is 3.67. The minimum atomic E-state index is -0.243. The van der Waals surface area contributed by atoms with Crippen LogP contribution >= 0.6 is 11.6 Å². The van der Waals surface area contributed by atoms with Gasteiger partial charge in [-0.25, -0.2) is 9.37 Å². The van der Waals surface area contributed by atoms with E-state index in [1.165, 1.54) is 12.1 Å². The number of fused-ring (bicyclic) bond motifs is 1. The lowest BCUT2D eigenvalue weighted by Crippen LogP contribution is -2.06. The summed E-state index contributed by atoms with van der Waals surface area (Å²) in [6, 6.07) is 10.2. The van der Waals surface area contributed by atoms with E-state index in [0.29, 0.717) is 23.9 Å². The van der Waals surface area contributed by atoms with Gasteiger partial charge < -0.3 is 15.0 Å². The Labute approximate surface area is 166 Å². The number of anilines is 1. The van der Waals surface area contributed by atoms with Gasteiger partial charge in [-0.05, 0) is 30.7 Å². The number of nitrogens with one attached hydrogen (secondary N) is 2. The van der Waals surface area contributed by atoms with Gasteiger partial charge in [-0.3, -0.25) is 4.68 Å². The predicted molar refractivity (Wildman–Crippen MR) is 107 cm³/mol. The van der Waals surface area contributed by atoms with Crippen LogP contribution in [-0.4, -0.2) is 19.7 Å². The summed E-state index contributed by atoms with van der Waals surface area (Å²) in [6.07, 6.45) is 3.36. The Morgan fingerprint density at radius 2 is 2.07 bits per heavy atom. The number of rotatable bonds is 7. The van der Waals surface area contributed by atoms with E-state index in [1.807, 2.05) is 23.7 Å². The predicted octanol–water partition coefficient (Wildman–Crippen LogP) is 4.76. The number of hydrogen-bond donors (Lipinski definition) is 2. The highest BCUT2D eigenvalue weighted by Crippen LogP contribution is 2.27. The second-order valence-electron chi connectivity index (χ2n) is 6.31. The van der Waals surface area contributed by atoms with E-state index in [0.717, 1.165) is 34.7 Å². The van der Waals surface area contributed by atoms with Crippen molar-refractivity contribution in [2.24, 2.45) is 0 Å². The Hall–Kier alpha value is -3.06. The molecule has 0 radical (unpaired) electrons. The number of halogens is 2. The number of aromatic nitrogens is 4. The quantitative estimate of drug-likeness (QED) is 0.470. The van der Waals surface area contributed by atoms with Gasteiger partial charge in [-0.15, -0.1) is 0 Å². The zero-order valence-corrected chi connectivity index (χ0v) is 16.0. The summed E-state index contributed by atoms with van der Waals surface area (Å²) >= 11 is 6.03. The minimum Gasteiger partial charge on any atom is -0.485 e. The first-order chi connectivity index (χ1) is 13.6. The number of aromatic amines is 1. The van der Waals surface area contributed by atoms with Crippen LogP contribution in [0.15, 0.2) is 48.8 Å². The summed E-state index contributed by atoms with van der Waals surface area (Å²) in [5, 5.41) is 9.21. The van der Waals surface area contributed by atoms with Crippen LogP contribution in [0.4, 0.5) is 10.2 Å². The average Bonchev–Trinajstić information content (AvgIpc) is 3.29. The molecular weight excluding hydrogens is 381 g/mol. The third-order valence-corrected chi connectivity index (χ3v) is 4.59. The van der Waals surface area contributed by atoms with Gasteiger partial charge in [0.2, 0.25) is 0 Å². The SMILES string of the molecule is CCn1nc(NCc2ccc(F)cc2)cc1COc1c[nH]c2ncc(Cl)cc12. The lowest BCUT2D eigenvalue weighted by atomic mass is 10.2. The van der Waals surface area contributed by atoms with Gasteiger partial charge in [0.1, 0.15) is 29.6 Å². The summed E-state index contributed by atoms with van der Waals surface area (Å²) in [5.74, 6) is 1.19. The van der Waals surface area contributed by atoms with Crippen molar-refractivity contribution in [1.82, 2.24) is 19.7 Å². The smallest absolute Gasteiger partial charge is 0.148 e. The molecule has 0 aliphatic rings. The van der Waals surface area contributed by atoms with Gasteiger partial charge in [0.15, 0.2) is 0 Å². The van der Waals surface area contributed by atoms with Crippen molar-refractivity contribution in [2.75, 3.05) is 5.32 Å². The van der Waals surface area contributed by atoms with Crippen LogP contribution in [0.25, 0.3) is 11.0 Å². The highest BCUT2D eigenvalue weighted by atomic mass is 35.5. The van der Waals surface area contributed by atoms with E-state index >= 15 is 0 Å². The molecule has 0 saturated carbocycles. The largest absolute Gasteiger partial charge is 0.485 e. The molecule has 0 spiro atoms.